The summed E-state index contributed by atoms with van der Waals surface area (Å²) in [5.41, 5.74) is 2.52. The lowest BCUT2D eigenvalue weighted by Gasteiger charge is -2.07. The number of thioether (sulfide) groups is 1. The average molecular weight is 414 g/mol. The smallest absolute Gasteiger partial charge is 0.224 e. The van der Waals surface area contributed by atoms with Crippen LogP contribution < -0.4 is 5.32 Å². The van der Waals surface area contributed by atoms with Crippen LogP contribution in [0, 0.1) is 20.8 Å². The number of hydrogen-bond donors (Lipinski definition) is 1. The van der Waals surface area contributed by atoms with Gasteiger partial charge in [-0.3, -0.25) is 9.59 Å². The van der Waals surface area contributed by atoms with E-state index in [9.17, 15) is 9.59 Å². The molecule has 2 aromatic heterocycles. The molecule has 0 atom stereocenters. The van der Waals surface area contributed by atoms with Crippen molar-refractivity contribution < 1.29 is 9.59 Å². The van der Waals surface area contributed by atoms with Crippen molar-refractivity contribution in [1.82, 2.24) is 9.97 Å². The molecule has 0 spiro atoms. The molecule has 3 rings (SSSR count). The molecule has 0 bridgehead atoms. The summed E-state index contributed by atoms with van der Waals surface area (Å²) in [4.78, 5) is 35.6. The molecule has 0 aliphatic heterocycles. The number of thiophene rings is 1. The lowest BCUT2D eigenvalue weighted by molar-refractivity contribution is -0.116. The zero-order valence-corrected chi connectivity index (χ0v) is 18.1. The Morgan fingerprint density at radius 1 is 1.11 bits per heavy atom. The predicted molar refractivity (Wildman–Crippen MR) is 117 cm³/mol. The highest BCUT2D eigenvalue weighted by Crippen LogP contribution is 2.35. The summed E-state index contributed by atoms with van der Waals surface area (Å²) in [6, 6.07) is 7.05. The number of nitrogens with one attached hydrogen (secondary N) is 1. The zero-order chi connectivity index (χ0) is 20.3. The summed E-state index contributed by atoms with van der Waals surface area (Å²) in [5.74, 6) is 1.05. The molecular weight excluding hydrogens is 390 g/mol. The van der Waals surface area contributed by atoms with Crippen molar-refractivity contribution in [2.45, 2.75) is 45.6 Å². The highest BCUT2D eigenvalue weighted by atomic mass is 32.2. The molecule has 0 aliphatic carbocycles. The third kappa shape index (κ3) is 4.59. The van der Waals surface area contributed by atoms with Gasteiger partial charge in [-0.15, -0.1) is 11.3 Å². The molecule has 1 aromatic carbocycles. The van der Waals surface area contributed by atoms with Crippen molar-refractivity contribution >= 4 is 50.7 Å². The number of rotatable bonds is 7. The molecule has 2 heterocycles. The van der Waals surface area contributed by atoms with Crippen molar-refractivity contribution in [2.75, 3.05) is 11.1 Å². The van der Waals surface area contributed by atoms with Crippen molar-refractivity contribution in [3.63, 3.8) is 0 Å². The first-order valence-corrected chi connectivity index (χ1v) is 11.0. The number of benzene rings is 1. The molecule has 146 valence electrons. The summed E-state index contributed by atoms with van der Waals surface area (Å²) in [6.07, 6.45) is 1.30. The second-order valence-electron chi connectivity index (χ2n) is 6.63. The highest BCUT2D eigenvalue weighted by molar-refractivity contribution is 8.00. The Hall–Kier alpha value is -2.25. The first-order valence-electron chi connectivity index (χ1n) is 9.19. The van der Waals surface area contributed by atoms with Crippen LogP contribution in [0.2, 0.25) is 0 Å². The van der Waals surface area contributed by atoms with Gasteiger partial charge in [0.1, 0.15) is 15.7 Å². The molecule has 28 heavy (non-hydrogen) atoms. The van der Waals surface area contributed by atoms with E-state index in [0.717, 1.165) is 27.5 Å². The summed E-state index contributed by atoms with van der Waals surface area (Å²) in [7, 11) is 0. The van der Waals surface area contributed by atoms with Gasteiger partial charge in [-0.05, 0) is 57.0 Å². The number of aryl methyl sites for hydroxylation is 3. The SMILES string of the molecule is CCCC(=O)Nc1ccc(C(=O)CSc2nc(C)nc3sc(C)c(C)c23)cc1. The van der Waals surface area contributed by atoms with Crippen LogP contribution >= 0.6 is 23.1 Å². The van der Waals surface area contributed by atoms with Crippen molar-refractivity contribution in [3.05, 3.63) is 46.1 Å². The van der Waals surface area contributed by atoms with Crippen LogP contribution in [-0.4, -0.2) is 27.4 Å². The van der Waals surface area contributed by atoms with Crippen molar-refractivity contribution in [1.29, 1.82) is 0 Å². The molecule has 0 saturated heterocycles. The molecule has 0 saturated carbocycles. The van der Waals surface area contributed by atoms with E-state index in [1.165, 1.54) is 22.2 Å². The summed E-state index contributed by atoms with van der Waals surface area (Å²) in [6.45, 7) is 7.99. The molecule has 0 unspecified atom stereocenters. The van der Waals surface area contributed by atoms with E-state index in [-0.39, 0.29) is 11.7 Å². The molecule has 1 N–H and O–H groups in total. The minimum Gasteiger partial charge on any atom is -0.326 e. The lowest BCUT2D eigenvalue weighted by atomic mass is 10.1. The van der Waals surface area contributed by atoms with Gasteiger partial charge in [-0.1, -0.05) is 18.7 Å². The second kappa shape index (κ2) is 8.84. The van der Waals surface area contributed by atoms with Crippen LogP contribution in [0.25, 0.3) is 10.2 Å². The Kier molecular flexibility index (Phi) is 6.46. The van der Waals surface area contributed by atoms with Gasteiger partial charge in [-0.25, -0.2) is 9.97 Å². The second-order valence-corrected chi connectivity index (χ2v) is 8.79. The number of amides is 1. The largest absolute Gasteiger partial charge is 0.326 e. The number of aromatic nitrogens is 2. The monoisotopic (exact) mass is 413 g/mol. The number of nitrogens with zero attached hydrogens (tertiary/aromatic N) is 2. The van der Waals surface area contributed by atoms with Gasteiger partial charge in [-0.2, -0.15) is 0 Å². The van der Waals surface area contributed by atoms with E-state index in [4.69, 9.17) is 0 Å². The number of anilines is 1. The Labute approximate surface area is 173 Å². The van der Waals surface area contributed by atoms with Gasteiger partial charge in [0.25, 0.3) is 0 Å². The van der Waals surface area contributed by atoms with Gasteiger partial charge in [0.2, 0.25) is 5.91 Å². The van der Waals surface area contributed by atoms with Gasteiger partial charge < -0.3 is 5.32 Å². The molecule has 0 radical (unpaired) electrons. The summed E-state index contributed by atoms with van der Waals surface area (Å²) in [5, 5.41) is 4.75. The molecule has 1 amide bonds. The van der Waals surface area contributed by atoms with E-state index in [2.05, 4.69) is 29.1 Å². The summed E-state index contributed by atoms with van der Waals surface area (Å²) >= 11 is 3.12. The van der Waals surface area contributed by atoms with Gasteiger partial charge in [0.05, 0.1) is 5.75 Å². The van der Waals surface area contributed by atoms with Crippen LogP contribution in [0.4, 0.5) is 5.69 Å². The Balaban J connectivity index is 1.71. The number of Topliss-reactive ketones (excluding diaryl/α,β-unsaturated/α-hetero) is 1. The average Bonchev–Trinajstić information content (AvgIpc) is 2.94. The topological polar surface area (TPSA) is 72.0 Å². The Bertz CT molecular complexity index is 1030. The number of ketones is 1. The van der Waals surface area contributed by atoms with Crippen molar-refractivity contribution in [3.8, 4) is 0 Å². The molecule has 7 heteroatoms. The van der Waals surface area contributed by atoms with Gasteiger partial charge in [0.15, 0.2) is 5.78 Å². The van der Waals surface area contributed by atoms with Crippen LogP contribution in [-0.2, 0) is 4.79 Å². The van der Waals surface area contributed by atoms with Gasteiger partial charge >= 0.3 is 0 Å². The predicted octanol–water partition coefficient (Wildman–Crippen LogP) is 5.33. The van der Waals surface area contributed by atoms with Crippen LogP contribution in [0.5, 0.6) is 0 Å². The summed E-state index contributed by atoms with van der Waals surface area (Å²) < 4.78 is 0. The fraction of sp³-hybridized carbons (Fsp3) is 0.333. The standard InChI is InChI=1S/C21H23N3O2S2/c1-5-6-18(26)24-16-9-7-15(8-10-16)17(25)11-27-20-19-12(2)13(3)28-21(19)23-14(4)22-20/h7-10H,5-6,11H2,1-4H3,(H,24,26). The maximum atomic E-state index is 12.6. The number of fused-ring (bicyclic) bond motifs is 1. The Morgan fingerprint density at radius 2 is 1.82 bits per heavy atom. The fourth-order valence-corrected chi connectivity index (χ4v) is 4.99. The normalized spacial score (nSPS) is 11.0. The van der Waals surface area contributed by atoms with E-state index in [1.807, 2.05) is 13.8 Å². The maximum Gasteiger partial charge on any atom is 0.224 e. The van der Waals surface area contributed by atoms with E-state index < -0.39 is 0 Å². The lowest BCUT2D eigenvalue weighted by Crippen LogP contribution is -2.11. The van der Waals surface area contributed by atoms with E-state index in [1.54, 1.807) is 35.6 Å². The van der Waals surface area contributed by atoms with Crippen molar-refractivity contribution in [2.24, 2.45) is 0 Å². The third-order valence-electron chi connectivity index (χ3n) is 4.41. The maximum absolute atomic E-state index is 12.6. The first-order chi connectivity index (χ1) is 13.4. The molecule has 5 nitrogen and oxygen atoms in total. The quantitative estimate of drug-likeness (QED) is 0.322. The third-order valence-corrected chi connectivity index (χ3v) is 6.49. The number of hydrogen-bond acceptors (Lipinski definition) is 6. The molecule has 3 aromatic rings. The molecular formula is C21H23N3O2S2. The zero-order valence-electron chi connectivity index (χ0n) is 16.5. The number of carbonyl (C=O) groups excluding carboxylic acids is 2. The van der Waals surface area contributed by atoms with Crippen LogP contribution in [0.1, 0.15) is 46.4 Å². The highest BCUT2D eigenvalue weighted by Gasteiger charge is 2.16. The minimum absolute atomic E-state index is 0.0123. The minimum atomic E-state index is -0.0123. The first kappa shape index (κ1) is 20.5. The van der Waals surface area contributed by atoms with Gasteiger partial charge in [0, 0.05) is 27.9 Å². The number of carbonyl (C=O) groups is 2. The molecule has 0 aliphatic rings. The molecule has 0 fully saturated rings. The van der Waals surface area contributed by atoms with Crippen LogP contribution in [0.15, 0.2) is 29.3 Å². The van der Waals surface area contributed by atoms with Crippen LogP contribution in [0.3, 0.4) is 0 Å². The Morgan fingerprint density at radius 3 is 2.50 bits per heavy atom. The van der Waals surface area contributed by atoms with E-state index in [0.29, 0.717) is 23.4 Å². The fourth-order valence-electron chi connectivity index (χ4n) is 2.83. The van der Waals surface area contributed by atoms with E-state index >= 15 is 0 Å².